The summed E-state index contributed by atoms with van der Waals surface area (Å²) in [6, 6.07) is 4.09. The van der Waals surface area contributed by atoms with E-state index in [0.29, 0.717) is 5.56 Å². The molecule has 3 N–H and O–H groups in total. The predicted molar refractivity (Wildman–Crippen MR) is 60.1 cm³/mol. The lowest BCUT2D eigenvalue weighted by Crippen LogP contribution is -2.27. The Hall–Kier alpha value is -1.56. The first-order valence-electron chi connectivity index (χ1n) is 5.36. The average Bonchev–Trinajstić information content (AvgIpc) is 2.24. The standard InChI is InChI=1S/C12H14F3NO2/c1-7(16)10(6-11(17)18)8-3-2-4-9(5-8)12(13,14)15/h2-5,7,10H,6,16H2,1H3,(H,17,18). The van der Waals surface area contributed by atoms with Crippen LogP contribution in [0.1, 0.15) is 30.4 Å². The molecule has 100 valence electrons. The van der Waals surface area contributed by atoms with Crippen LogP contribution in [-0.4, -0.2) is 17.1 Å². The normalized spacial score (nSPS) is 15.2. The molecule has 18 heavy (non-hydrogen) atoms. The van der Waals surface area contributed by atoms with Crippen LogP contribution in [-0.2, 0) is 11.0 Å². The fourth-order valence-corrected chi connectivity index (χ4v) is 1.74. The summed E-state index contributed by atoms with van der Waals surface area (Å²) in [7, 11) is 0. The molecule has 0 saturated heterocycles. The summed E-state index contributed by atoms with van der Waals surface area (Å²) >= 11 is 0. The number of carbonyl (C=O) groups is 1. The fourth-order valence-electron chi connectivity index (χ4n) is 1.74. The summed E-state index contributed by atoms with van der Waals surface area (Å²) in [4.78, 5) is 10.7. The van der Waals surface area contributed by atoms with E-state index in [0.717, 1.165) is 12.1 Å². The zero-order valence-electron chi connectivity index (χ0n) is 9.74. The molecule has 0 radical (unpaired) electrons. The molecule has 0 spiro atoms. The molecule has 3 nitrogen and oxygen atoms in total. The Morgan fingerprint density at radius 3 is 2.50 bits per heavy atom. The monoisotopic (exact) mass is 261 g/mol. The number of rotatable bonds is 4. The summed E-state index contributed by atoms with van der Waals surface area (Å²) in [6.45, 7) is 1.58. The Bertz CT molecular complexity index is 430. The molecule has 1 aromatic rings. The molecule has 1 rings (SSSR count). The maximum atomic E-state index is 12.5. The van der Waals surface area contributed by atoms with E-state index in [1.807, 2.05) is 0 Å². The molecule has 0 bridgehead atoms. The maximum Gasteiger partial charge on any atom is 0.416 e. The van der Waals surface area contributed by atoms with Gasteiger partial charge in [-0.1, -0.05) is 18.2 Å². The number of halogens is 3. The molecule has 0 aliphatic rings. The lowest BCUT2D eigenvalue weighted by Gasteiger charge is -2.20. The SMILES string of the molecule is CC(N)C(CC(=O)O)c1cccc(C(F)(F)F)c1. The van der Waals surface area contributed by atoms with Gasteiger partial charge >= 0.3 is 12.1 Å². The van der Waals surface area contributed by atoms with Crippen molar-refractivity contribution < 1.29 is 23.1 Å². The first kappa shape index (κ1) is 14.5. The molecule has 0 heterocycles. The molecule has 2 unspecified atom stereocenters. The van der Waals surface area contributed by atoms with Crippen molar-refractivity contribution in [2.75, 3.05) is 0 Å². The van der Waals surface area contributed by atoms with E-state index in [-0.39, 0.29) is 6.42 Å². The Kier molecular flexibility index (Phi) is 4.34. The van der Waals surface area contributed by atoms with Crippen LogP contribution in [0.4, 0.5) is 13.2 Å². The number of aliphatic carboxylic acids is 1. The summed E-state index contributed by atoms with van der Waals surface area (Å²) in [5, 5.41) is 8.75. The van der Waals surface area contributed by atoms with Crippen molar-refractivity contribution in [2.45, 2.75) is 31.5 Å². The van der Waals surface area contributed by atoms with Gasteiger partial charge in [-0.25, -0.2) is 0 Å². The zero-order valence-corrected chi connectivity index (χ0v) is 9.74. The number of hydrogen-bond donors (Lipinski definition) is 2. The Morgan fingerprint density at radius 2 is 2.06 bits per heavy atom. The van der Waals surface area contributed by atoms with Crippen LogP contribution < -0.4 is 5.73 Å². The molecule has 0 amide bonds. The summed E-state index contributed by atoms with van der Waals surface area (Å²) in [5.74, 6) is -1.72. The van der Waals surface area contributed by atoms with E-state index < -0.39 is 29.7 Å². The molecule has 0 aliphatic heterocycles. The second-order valence-electron chi connectivity index (χ2n) is 4.19. The van der Waals surface area contributed by atoms with Gasteiger partial charge in [-0.2, -0.15) is 13.2 Å². The van der Waals surface area contributed by atoms with Crippen LogP contribution in [0.15, 0.2) is 24.3 Å². The van der Waals surface area contributed by atoms with Gasteiger partial charge in [0.15, 0.2) is 0 Å². The summed E-state index contributed by atoms with van der Waals surface area (Å²) < 4.78 is 37.6. The third kappa shape index (κ3) is 3.73. The van der Waals surface area contributed by atoms with Crippen molar-refractivity contribution in [1.29, 1.82) is 0 Å². The van der Waals surface area contributed by atoms with Crippen LogP contribution in [0.3, 0.4) is 0 Å². The highest BCUT2D eigenvalue weighted by atomic mass is 19.4. The van der Waals surface area contributed by atoms with Crippen LogP contribution >= 0.6 is 0 Å². The first-order chi connectivity index (χ1) is 8.21. The molecule has 0 aliphatic carbocycles. The lowest BCUT2D eigenvalue weighted by molar-refractivity contribution is -0.138. The molecule has 0 fully saturated rings. The Balaban J connectivity index is 3.09. The average molecular weight is 261 g/mol. The van der Waals surface area contributed by atoms with Crippen molar-refractivity contribution in [1.82, 2.24) is 0 Å². The maximum absolute atomic E-state index is 12.5. The third-order valence-electron chi connectivity index (χ3n) is 2.67. The highest BCUT2D eigenvalue weighted by Crippen LogP contribution is 2.32. The molecule has 0 saturated carbocycles. The van der Waals surface area contributed by atoms with Gasteiger partial charge in [0.05, 0.1) is 12.0 Å². The Morgan fingerprint density at radius 1 is 1.44 bits per heavy atom. The van der Waals surface area contributed by atoms with E-state index in [1.165, 1.54) is 12.1 Å². The van der Waals surface area contributed by atoms with Gasteiger partial charge < -0.3 is 10.8 Å². The predicted octanol–water partition coefficient (Wildman–Crippen LogP) is 2.61. The number of alkyl halides is 3. The largest absolute Gasteiger partial charge is 0.481 e. The second kappa shape index (κ2) is 5.39. The molecule has 2 atom stereocenters. The van der Waals surface area contributed by atoms with Gasteiger partial charge in [-0.15, -0.1) is 0 Å². The molecule has 0 aromatic heterocycles. The zero-order chi connectivity index (χ0) is 13.9. The molecular weight excluding hydrogens is 247 g/mol. The molecule has 1 aromatic carbocycles. The lowest BCUT2D eigenvalue weighted by atomic mass is 9.89. The summed E-state index contributed by atoms with van der Waals surface area (Å²) in [5.41, 5.74) is 5.13. The number of carboxylic acid groups (broad SMARTS) is 1. The minimum absolute atomic E-state index is 0.293. The fraction of sp³-hybridized carbons (Fsp3) is 0.417. The van der Waals surface area contributed by atoms with Crippen LogP contribution in [0.5, 0.6) is 0 Å². The van der Waals surface area contributed by atoms with E-state index >= 15 is 0 Å². The number of carboxylic acids is 1. The quantitative estimate of drug-likeness (QED) is 0.875. The van der Waals surface area contributed by atoms with E-state index in [9.17, 15) is 18.0 Å². The summed E-state index contributed by atoms with van der Waals surface area (Å²) in [6.07, 6.45) is -4.74. The second-order valence-corrected chi connectivity index (χ2v) is 4.19. The van der Waals surface area contributed by atoms with Crippen molar-refractivity contribution in [3.8, 4) is 0 Å². The van der Waals surface area contributed by atoms with Gasteiger partial charge in [-0.05, 0) is 18.6 Å². The minimum Gasteiger partial charge on any atom is -0.481 e. The highest BCUT2D eigenvalue weighted by Gasteiger charge is 2.31. The van der Waals surface area contributed by atoms with Gasteiger partial charge in [0.25, 0.3) is 0 Å². The topological polar surface area (TPSA) is 63.3 Å². The van der Waals surface area contributed by atoms with E-state index in [4.69, 9.17) is 10.8 Å². The number of nitrogens with two attached hydrogens (primary N) is 1. The van der Waals surface area contributed by atoms with E-state index in [1.54, 1.807) is 6.92 Å². The smallest absolute Gasteiger partial charge is 0.416 e. The van der Waals surface area contributed by atoms with Gasteiger partial charge in [0, 0.05) is 12.0 Å². The van der Waals surface area contributed by atoms with Gasteiger partial charge in [0.1, 0.15) is 0 Å². The van der Waals surface area contributed by atoms with Crippen molar-refractivity contribution >= 4 is 5.97 Å². The van der Waals surface area contributed by atoms with Crippen LogP contribution in [0.25, 0.3) is 0 Å². The van der Waals surface area contributed by atoms with Crippen molar-refractivity contribution in [3.05, 3.63) is 35.4 Å². The molecule has 6 heteroatoms. The van der Waals surface area contributed by atoms with Gasteiger partial charge in [0.2, 0.25) is 0 Å². The molecular formula is C12H14F3NO2. The van der Waals surface area contributed by atoms with E-state index in [2.05, 4.69) is 0 Å². The van der Waals surface area contributed by atoms with Crippen LogP contribution in [0.2, 0.25) is 0 Å². The highest BCUT2D eigenvalue weighted by molar-refractivity contribution is 5.68. The number of benzene rings is 1. The minimum atomic E-state index is -4.44. The van der Waals surface area contributed by atoms with Crippen molar-refractivity contribution in [3.63, 3.8) is 0 Å². The van der Waals surface area contributed by atoms with Crippen molar-refractivity contribution in [2.24, 2.45) is 5.73 Å². The third-order valence-corrected chi connectivity index (χ3v) is 2.67. The van der Waals surface area contributed by atoms with Crippen LogP contribution in [0, 0.1) is 0 Å². The first-order valence-corrected chi connectivity index (χ1v) is 5.36. The Labute approximate surface area is 102 Å². The number of hydrogen-bond acceptors (Lipinski definition) is 2. The van der Waals surface area contributed by atoms with Gasteiger partial charge in [-0.3, -0.25) is 4.79 Å².